The lowest BCUT2D eigenvalue weighted by atomic mass is 9.98. The quantitative estimate of drug-likeness (QED) is 0.909. The fourth-order valence-corrected chi connectivity index (χ4v) is 3.49. The molecule has 25 heavy (non-hydrogen) atoms. The van der Waals surface area contributed by atoms with Gasteiger partial charge in [-0.1, -0.05) is 42.5 Å². The maximum atomic E-state index is 12.4. The van der Waals surface area contributed by atoms with Crippen LogP contribution in [0.25, 0.3) is 11.1 Å². The molecular weight excluding hydrogens is 310 g/mol. The highest BCUT2D eigenvalue weighted by Gasteiger charge is 2.20. The van der Waals surface area contributed by atoms with Crippen molar-refractivity contribution in [1.82, 2.24) is 9.80 Å². The lowest BCUT2D eigenvalue weighted by Crippen LogP contribution is -2.41. The van der Waals surface area contributed by atoms with Crippen LogP contribution in [0.1, 0.15) is 12.8 Å². The number of nitrogens with one attached hydrogen (secondary N) is 1. The highest BCUT2D eigenvalue weighted by molar-refractivity contribution is 5.89. The van der Waals surface area contributed by atoms with E-state index in [1.165, 1.54) is 24.9 Å². The van der Waals surface area contributed by atoms with E-state index in [9.17, 15) is 4.79 Å². The van der Waals surface area contributed by atoms with Crippen molar-refractivity contribution in [3.05, 3.63) is 54.6 Å². The van der Waals surface area contributed by atoms with Crippen LogP contribution in [0.4, 0.5) is 10.5 Å². The van der Waals surface area contributed by atoms with Crippen molar-refractivity contribution in [3.63, 3.8) is 0 Å². The zero-order chi connectivity index (χ0) is 17.6. The van der Waals surface area contributed by atoms with Gasteiger partial charge in [0, 0.05) is 25.8 Å². The van der Waals surface area contributed by atoms with Crippen LogP contribution in [0, 0.1) is 5.92 Å². The molecule has 0 saturated carbocycles. The number of benzene rings is 2. The summed E-state index contributed by atoms with van der Waals surface area (Å²) in [4.78, 5) is 16.6. The van der Waals surface area contributed by atoms with Gasteiger partial charge in [0.25, 0.3) is 0 Å². The average molecular weight is 337 g/mol. The molecule has 0 aromatic heterocycles. The lowest BCUT2D eigenvalue weighted by molar-refractivity contribution is 0.170. The van der Waals surface area contributed by atoms with Crippen molar-refractivity contribution in [2.24, 2.45) is 5.92 Å². The van der Waals surface area contributed by atoms with Crippen molar-refractivity contribution in [1.29, 1.82) is 0 Å². The second-order valence-corrected chi connectivity index (χ2v) is 7.02. The largest absolute Gasteiger partial charge is 0.327 e. The smallest absolute Gasteiger partial charge is 0.321 e. The van der Waals surface area contributed by atoms with Crippen LogP contribution in [0.15, 0.2) is 54.6 Å². The van der Waals surface area contributed by atoms with Gasteiger partial charge in [0.1, 0.15) is 0 Å². The van der Waals surface area contributed by atoms with Crippen LogP contribution >= 0.6 is 0 Å². The van der Waals surface area contributed by atoms with E-state index in [0.717, 1.165) is 24.3 Å². The third kappa shape index (κ3) is 4.83. The van der Waals surface area contributed by atoms with Gasteiger partial charge in [-0.25, -0.2) is 4.79 Å². The van der Waals surface area contributed by atoms with E-state index in [4.69, 9.17) is 0 Å². The second kappa shape index (κ2) is 8.17. The molecule has 2 amide bonds. The van der Waals surface area contributed by atoms with E-state index in [2.05, 4.69) is 29.4 Å². The van der Waals surface area contributed by atoms with Gasteiger partial charge >= 0.3 is 6.03 Å². The Kier molecular flexibility index (Phi) is 5.71. The summed E-state index contributed by atoms with van der Waals surface area (Å²) >= 11 is 0. The Balaban J connectivity index is 1.55. The third-order valence-corrected chi connectivity index (χ3v) is 4.84. The number of likely N-dealkylation sites (tertiary alicyclic amines) is 1. The first-order chi connectivity index (χ1) is 12.1. The molecule has 1 fully saturated rings. The summed E-state index contributed by atoms with van der Waals surface area (Å²) in [5, 5.41) is 2.99. The molecule has 1 N–H and O–H groups in total. The maximum absolute atomic E-state index is 12.4. The molecular formula is C21H27N3O. The van der Waals surface area contributed by atoms with Gasteiger partial charge in [-0.2, -0.15) is 0 Å². The van der Waals surface area contributed by atoms with Crippen LogP contribution in [0.3, 0.4) is 0 Å². The zero-order valence-corrected chi connectivity index (χ0v) is 15.1. The summed E-state index contributed by atoms with van der Waals surface area (Å²) in [6, 6.07) is 18.2. The molecule has 1 saturated heterocycles. The van der Waals surface area contributed by atoms with Gasteiger partial charge in [-0.3, -0.25) is 0 Å². The fraction of sp³-hybridized carbons (Fsp3) is 0.381. The number of anilines is 1. The number of rotatable bonds is 4. The molecule has 1 unspecified atom stereocenters. The molecule has 0 bridgehead atoms. The van der Waals surface area contributed by atoms with Crippen LogP contribution in [-0.4, -0.2) is 49.6 Å². The summed E-state index contributed by atoms with van der Waals surface area (Å²) < 4.78 is 0. The van der Waals surface area contributed by atoms with Crippen LogP contribution < -0.4 is 5.32 Å². The number of amides is 2. The number of hydrogen-bond acceptors (Lipinski definition) is 2. The van der Waals surface area contributed by atoms with Crippen molar-refractivity contribution < 1.29 is 4.79 Å². The minimum Gasteiger partial charge on any atom is -0.327 e. The van der Waals surface area contributed by atoms with Gasteiger partial charge in [0.05, 0.1) is 0 Å². The molecule has 0 aliphatic carbocycles. The molecule has 1 atom stereocenters. The topological polar surface area (TPSA) is 35.6 Å². The summed E-state index contributed by atoms with van der Waals surface area (Å²) in [7, 11) is 4.03. The third-order valence-electron chi connectivity index (χ3n) is 4.84. The first kappa shape index (κ1) is 17.5. The van der Waals surface area contributed by atoms with Crippen molar-refractivity contribution in [2.45, 2.75) is 12.8 Å². The highest BCUT2D eigenvalue weighted by Crippen LogP contribution is 2.21. The number of carbonyl (C=O) groups excluding carboxylic acids is 1. The van der Waals surface area contributed by atoms with E-state index in [0.29, 0.717) is 5.92 Å². The first-order valence-electron chi connectivity index (χ1n) is 8.98. The number of carbonyl (C=O) groups is 1. The van der Waals surface area contributed by atoms with E-state index in [1.807, 2.05) is 49.5 Å². The van der Waals surface area contributed by atoms with Gasteiger partial charge in [-0.05, 0) is 55.6 Å². The summed E-state index contributed by atoms with van der Waals surface area (Å²) in [6.07, 6.45) is 2.42. The standard InChI is InChI=1S/C21H27N3O/c1-23-14-6-7-17(15-23)16-24(2)21(25)22-20-12-10-19(11-13-20)18-8-4-3-5-9-18/h3-5,8-13,17H,6-7,14-16H2,1-2H3,(H,22,25). The van der Waals surface area contributed by atoms with Gasteiger partial charge in [0.2, 0.25) is 0 Å². The zero-order valence-electron chi connectivity index (χ0n) is 15.1. The van der Waals surface area contributed by atoms with Crippen molar-refractivity contribution in [3.8, 4) is 11.1 Å². The monoisotopic (exact) mass is 337 g/mol. The molecule has 2 aromatic rings. The molecule has 1 aliphatic rings. The van der Waals surface area contributed by atoms with E-state index in [1.54, 1.807) is 4.90 Å². The molecule has 3 rings (SSSR count). The van der Waals surface area contributed by atoms with Gasteiger partial charge in [-0.15, -0.1) is 0 Å². The SMILES string of the molecule is CN1CCCC(CN(C)C(=O)Nc2ccc(-c3ccccc3)cc2)C1. The van der Waals surface area contributed by atoms with E-state index in [-0.39, 0.29) is 6.03 Å². The fourth-order valence-electron chi connectivity index (χ4n) is 3.49. The molecule has 1 heterocycles. The lowest BCUT2D eigenvalue weighted by Gasteiger charge is -2.32. The molecule has 4 heteroatoms. The van der Waals surface area contributed by atoms with Crippen LogP contribution in [0.2, 0.25) is 0 Å². The Bertz CT molecular complexity index is 684. The Morgan fingerprint density at radius 2 is 1.80 bits per heavy atom. The molecule has 1 aliphatic heterocycles. The van der Waals surface area contributed by atoms with E-state index >= 15 is 0 Å². The first-order valence-corrected chi connectivity index (χ1v) is 8.98. The minimum atomic E-state index is -0.0410. The number of hydrogen-bond donors (Lipinski definition) is 1. The van der Waals surface area contributed by atoms with Crippen LogP contribution in [-0.2, 0) is 0 Å². The Hall–Kier alpha value is -2.33. The van der Waals surface area contributed by atoms with Gasteiger partial charge < -0.3 is 15.1 Å². The maximum Gasteiger partial charge on any atom is 0.321 e. The summed E-state index contributed by atoms with van der Waals surface area (Å²) in [5.74, 6) is 0.565. The molecule has 0 radical (unpaired) electrons. The Morgan fingerprint density at radius 1 is 1.12 bits per heavy atom. The van der Waals surface area contributed by atoms with Crippen molar-refractivity contribution in [2.75, 3.05) is 39.0 Å². The molecule has 2 aromatic carbocycles. The normalized spacial score (nSPS) is 17.9. The molecule has 132 valence electrons. The number of urea groups is 1. The number of nitrogens with zero attached hydrogens (tertiary/aromatic N) is 2. The highest BCUT2D eigenvalue weighted by atomic mass is 16.2. The Morgan fingerprint density at radius 3 is 2.48 bits per heavy atom. The van der Waals surface area contributed by atoms with Crippen molar-refractivity contribution >= 4 is 11.7 Å². The summed E-state index contributed by atoms with van der Waals surface area (Å²) in [5.41, 5.74) is 3.16. The number of piperidine rings is 1. The Labute approximate surface area is 150 Å². The van der Waals surface area contributed by atoms with Gasteiger partial charge in [0.15, 0.2) is 0 Å². The molecule has 0 spiro atoms. The minimum absolute atomic E-state index is 0.0410. The average Bonchev–Trinajstić information content (AvgIpc) is 2.63. The van der Waals surface area contributed by atoms with E-state index < -0.39 is 0 Å². The predicted molar refractivity (Wildman–Crippen MR) is 104 cm³/mol. The summed E-state index contributed by atoms with van der Waals surface area (Å²) in [6.45, 7) is 3.04. The van der Waals surface area contributed by atoms with Crippen LogP contribution in [0.5, 0.6) is 0 Å². The predicted octanol–water partition coefficient (Wildman–Crippen LogP) is 4.16. The molecule has 4 nitrogen and oxygen atoms in total. The second-order valence-electron chi connectivity index (χ2n) is 7.02.